The van der Waals surface area contributed by atoms with E-state index in [9.17, 15) is 4.79 Å². The molecule has 1 aromatic carbocycles. The summed E-state index contributed by atoms with van der Waals surface area (Å²) in [5, 5.41) is 6.32. The molecule has 5 heteroatoms. The molecule has 4 nitrogen and oxygen atoms in total. The van der Waals surface area contributed by atoms with E-state index in [1.807, 2.05) is 18.2 Å². The molecule has 1 aliphatic rings. The van der Waals surface area contributed by atoms with E-state index in [-0.39, 0.29) is 12.5 Å². The topological polar surface area (TPSA) is 50.4 Å². The van der Waals surface area contributed by atoms with Crippen molar-refractivity contribution in [2.45, 2.75) is 39.3 Å². The van der Waals surface area contributed by atoms with Crippen molar-refractivity contribution in [3.05, 3.63) is 28.2 Å². The largest absolute Gasteiger partial charge is 0.482 e. The fourth-order valence-electron chi connectivity index (χ4n) is 1.98. The van der Waals surface area contributed by atoms with Gasteiger partial charge in [-0.1, -0.05) is 26.0 Å². The molecule has 0 heterocycles. The van der Waals surface area contributed by atoms with Crippen LogP contribution in [0.3, 0.4) is 0 Å². The summed E-state index contributed by atoms with van der Waals surface area (Å²) in [5.41, 5.74) is 1.06. The first-order valence-electron chi connectivity index (χ1n) is 7.46. The Bertz CT molecular complexity index is 487. The van der Waals surface area contributed by atoms with Gasteiger partial charge in [-0.2, -0.15) is 0 Å². The van der Waals surface area contributed by atoms with E-state index in [2.05, 4.69) is 40.4 Å². The van der Waals surface area contributed by atoms with Crippen molar-refractivity contribution >= 4 is 21.8 Å². The number of halogens is 1. The van der Waals surface area contributed by atoms with Crippen molar-refractivity contribution in [3.8, 4) is 5.75 Å². The molecule has 0 bridgehead atoms. The second-order valence-corrected chi connectivity index (χ2v) is 6.74. The second-order valence-electron chi connectivity index (χ2n) is 5.88. The number of hydrogen-bond acceptors (Lipinski definition) is 3. The highest BCUT2D eigenvalue weighted by Crippen LogP contribution is 2.29. The third kappa shape index (κ3) is 5.67. The molecule has 0 aliphatic heterocycles. The lowest BCUT2D eigenvalue weighted by atomic mass is 10.2. The molecular weight excluding hydrogens is 332 g/mol. The number of amides is 1. The Morgan fingerprint density at radius 2 is 2.19 bits per heavy atom. The molecule has 1 aliphatic carbocycles. The fourth-order valence-corrected chi connectivity index (χ4v) is 2.51. The first-order valence-corrected chi connectivity index (χ1v) is 8.26. The lowest BCUT2D eigenvalue weighted by molar-refractivity contribution is -0.123. The molecule has 0 saturated heterocycles. The molecule has 0 aromatic heterocycles. The van der Waals surface area contributed by atoms with Gasteiger partial charge in [-0.05, 0) is 47.3 Å². The highest BCUT2D eigenvalue weighted by molar-refractivity contribution is 9.10. The second kappa shape index (κ2) is 7.80. The molecule has 1 saturated carbocycles. The smallest absolute Gasteiger partial charge is 0.258 e. The minimum Gasteiger partial charge on any atom is -0.482 e. The van der Waals surface area contributed by atoms with Crippen molar-refractivity contribution in [2.24, 2.45) is 5.92 Å². The SMILES string of the molecule is CC(C)CNCc1cccc(Br)c1OCC(=O)NC1CC1. The van der Waals surface area contributed by atoms with Gasteiger partial charge < -0.3 is 15.4 Å². The van der Waals surface area contributed by atoms with Crippen LogP contribution in [-0.2, 0) is 11.3 Å². The summed E-state index contributed by atoms with van der Waals surface area (Å²) in [4.78, 5) is 11.7. The molecule has 1 fully saturated rings. The normalized spacial score (nSPS) is 14.3. The standard InChI is InChI=1S/C16H23BrN2O2/c1-11(2)8-18-9-12-4-3-5-14(17)16(12)21-10-15(20)19-13-6-7-13/h3-5,11,13,18H,6-10H2,1-2H3,(H,19,20). The Morgan fingerprint density at radius 1 is 1.43 bits per heavy atom. The van der Waals surface area contributed by atoms with Crippen LogP contribution in [0.25, 0.3) is 0 Å². The first kappa shape index (κ1) is 16.3. The molecule has 2 rings (SSSR count). The number of nitrogens with one attached hydrogen (secondary N) is 2. The van der Waals surface area contributed by atoms with Crippen LogP contribution in [-0.4, -0.2) is 25.1 Å². The average Bonchev–Trinajstić information content (AvgIpc) is 3.21. The van der Waals surface area contributed by atoms with Gasteiger partial charge in [0.1, 0.15) is 5.75 Å². The van der Waals surface area contributed by atoms with E-state index in [1.165, 1.54) is 0 Å². The average molecular weight is 355 g/mol. The van der Waals surface area contributed by atoms with Gasteiger partial charge in [0.25, 0.3) is 5.91 Å². The molecule has 116 valence electrons. The summed E-state index contributed by atoms with van der Waals surface area (Å²) in [5.74, 6) is 1.31. The molecule has 0 radical (unpaired) electrons. The van der Waals surface area contributed by atoms with Gasteiger partial charge in [0.2, 0.25) is 0 Å². The Balaban J connectivity index is 1.90. The minimum absolute atomic E-state index is 0.0469. The number of carbonyl (C=O) groups excluding carboxylic acids is 1. The van der Waals surface area contributed by atoms with E-state index in [0.29, 0.717) is 12.0 Å². The summed E-state index contributed by atoms with van der Waals surface area (Å²) in [6.07, 6.45) is 2.18. The zero-order valence-electron chi connectivity index (χ0n) is 12.6. The Morgan fingerprint density at radius 3 is 2.86 bits per heavy atom. The molecule has 1 amide bonds. The maximum Gasteiger partial charge on any atom is 0.258 e. The number of rotatable bonds is 8. The summed E-state index contributed by atoms with van der Waals surface area (Å²) in [6.45, 7) is 6.10. The number of hydrogen-bond donors (Lipinski definition) is 2. The zero-order valence-corrected chi connectivity index (χ0v) is 14.2. The van der Waals surface area contributed by atoms with Crippen LogP contribution in [0.2, 0.25) is 0 Å². The Kier molecular flexibility index (Phi) is 6.06. The maximum atomic E-state index is 11.7. The van der Waals surface area contributed by atoms with E-state index in [4.69, 9.17) is 4.74 Å². The molecule has 1 aromatic rings. The van der Waals surface area contributed by atoms with Gasteiger partial charge in [-0.15, -0.1) is 0 Å². The van der Waals surface area contributed by atoms with Crippen LogP contribution in [0.4, 0.5) is 0 Å². The third-order valence-corrected chi connectivity index (χ3v) is 3.83. The minimum atomic E-state index is -0.0469. The quantitative estimate of drug-likeness (QED) is 0.754. The van der Waals surface area contributed by atoms with Crippen molar-refractivity contribution in [2.75, 3.05) is 13.2 Å². The van der Waals surface area contributed by atoms with Crippen LogP contribution in [0.15, 0.2) is 22.7 Å². The van der Waals surface area contributed by atoms with Gasteiger partial charge in [0, 0.05) is 18.2 Å². The van der Waals surface area contributed by atoms with E-state index >= 15 is 0 Å². The maximum absolute atomic E-state index is 11.7. The number of benzene rings is 1. The van der Waals surface area contributed by atoms with Crippen molar-refractivity contribution in [1.29, 1.82) is 0 Å². The summed E-state index contributed by atoms with van der Waals surface area (Å²) in [7, 11) is 0. The van der Waals surface area contributed by atoms with Gasteiger partial charge >= 0.3 is 0 Å². The van der Waals surface area contributed by atoms with Crippen LogP contribution in [0, 0.1) is 5.92 Å². The van der Waals surface area contributed by atoms with Crippen molar-refractivity contribution in [1.82, 2.24) is 10.6 Å². The molecule has 0 atom stereocenters. The number of carbonyl (C=O) groups is 1. The number of para-hydroxylation sites is 1. The summed E-state index contributed by atoms with van der Waals surface area (Å²) < 4.78 is 6.60. The first-order chi connectivity index (χ1) is 10.1. The molecule has 0 unspecified atom stereocenters. The summed E-state index contributed by atoms with van der Waals surface area (Å²) >= 11 is 3.50. The third-order valence-electron chi connectivity index (χ3n) is 3.21. The van der Waals surface area contributed by atoms with E-state index < -0.39 is 0 Å². The zero-order chi connectivity index (χ0) is 15.2. The lowest BCUT2D eigenvalue weighted by Gasteiger charge is -2.14. The van der Waals surface area contributed by atoms with E-state index in [1.54, 1.807) is 0 Å². The molecule has 2 N–H and O–H groups in total. The van der Waals surface area contributed by atoms with Crippen LogP contribution in [0.5, 0.6) is 5.75 Å². The van der Waals surface area contributed by atoms with Crippen molar-refractivity contribution < 1.29 is 9.53 Å². The van der Waals surface area contributed by atoms with Crippen molar-refractivity contribution in [3.63, 3.8) is 0 Å². The molecular formula is C16H23BrN2O2. The fraction of sp³-hybridized carbons (Fsp3) is 0.562. The highest BCUT2D eigenvalue weighted by Gasteiger charge is 2.23. The van der Waals surface area contributed by atoms with Gasteiger partial charge in [0.05, 0.1) is 4.47 Å². The predicted octanol–water partition coefficient (Wildman–Crippen LogP) is 2.85. The highest BCUT2D eigenvalue weighted by atomic mass is 79.9. The van der Waals surface area contributed by atoms with E-state index in [0.717, 1.165) is 41.7 Å². The van der Waals surface area contributed by atoms with Gasteiger partial charge in [-0.25, -0.2) is 0 Å². The monoisotopic (exact) mass is 354 g/mol. The van der Waals surface area contributed by atoms with Gasteiger partial charge in [-0.3, -0.25) is 4.79 Å². The van der Waals surface area contributed by atoms with Crippen LogP contribution >= 0.6 is 15.9 Å². The summed E-state index contributed by atoms with van der Waals surface area (Å²) in [6, 6.07) is 6.30. The van der Waals surface area contributed by atoms with Crippen LogP contribution < -0.4 is 15.4 Å². The molecule has 0 spiro atoms. The van der Waals surface area contributed by atoms with Crippen LogP contribution in [0.1, 0.15) is 32.3 Å². The Hall–Kier alpha value is -1.07. The number of ether oxygens (including phenoxy) is 1. The van der Waals surface area contributed by atoms with Gasteiger partial charge in [0.15, 0.2) is 6.61 Å². The lowest BCUT2D eigenvalue weighted by Crippen LogP contribution is -2.30. The predicted molar refractivity (Wildman–Crippen MR) is 87.3 cm³/mol. The molecule has 21 heavy (non-hydrogen) atoms. The Labute approximate surface area is 134 Å².